The highest BCUT2D eigenvalue weighted by atomic mass is 32.2. The van der Waals surface area contributed by atoms with Crippen LogP contribution in [0.25, 0.3) is 0 Å². The molecule has 0 radical (unpaired) electrons. The number of hydrogen-bond donors (Lipinski definition) is 1. The fraction of sp³-hybridized carbons (Fsp3) is 0.381. The molecule has 28 heavy (non-hydrogen) atoms. The zero-order chi connectivity index (χ0) is 20.7. The number of nitrogens with one attached hydrogen (secondary N) is 1. The van der Waals surface area contributed by atoms with Crippen molar-refractivity contribution in [2.45, 2.75) is 38.3 Å². The first-order valence-corrected chi connectivity index (χ1v) is 10.6. The van der Waals surface area contributed by atoms with E-state index in [4.69, 9.17) is 4.74 Å². The number of hydrogen-bond acceptors (Lipinski definition) is 4. The van der Waals surface area contributed by atoms with Gasteiger partial charge in [-0.3, -0.25) is 4.79 Å². The molecule has 0 saturated heterocycles. The molecule has 1 atom stereocenters. The zero-order valence-corrected chi connectivity index (χ0v) is 17.6. The van der Waals surface area contributed by atoms with Gasteiger partial charge in [0.2, 0.25) is 15.9 Å². The van der Waals surface area contributed by atoms with Gasteiger partial charge < -0.3 is 10.1 Å². The molecule has 0 aliphatic heterocycles. The van der Waals surface area contributed by atoms with E-state index in [2.05, 4.69) is 5.32 Å². The first kappa shape index (κ1) is 22.1. The van der Waals surface area contributed by atoms with Crippen LogP contribution >= 0.6 is 0 Å². The molecular weight excluding hydrogens is 376 g/mol. The molecule has 0 fully saturated rings. The van der Waals surface area contributed by atoms with Gasteiger partial charge in [-0.15, -0.1) is 0 Å². The van der Waals surface area contributed by atoms with Gasteiger partial charge in [-0.05, 0) is 43.5 Å². The number of amides is 1. The quantitative estimate of drug-likeness (QED) is 0.697. The summed E-state index contributed by atoms with van der Waals surface area (Å²) in [5, 5.41) is 2.78. The molecule has 1 N–H and O–H groups in total. The van der Waals surface area contributed by atoms with Crippen LogP contribution in [0.2, 0.25) is 0 Å². The second kappa shape index (κ2) is 9.82. The fourth-order valence-corrected chi connectivity index (χ4v) is 4.60. The van der Waals surface area contributed by atoms with Crippen LogP contribution in [0, 0.1) is 13.8 Å². The van der Waals surface area contributed by atoms with Crippen molar-refractivity contribution in [3.8, 4) is 0 Å². The molecule has 1 amide bonds. The summed E-state index contributed by atoms with van der Waals surface area (Å²) in [5.41, 5.74) is 2.31. The Kier molecular flexibility index (Phi) is 7.74. The number of sulfonamides is 1. The van der Waals surface area contributed by atoms with E-state index in [1.165, 1.54) is 4.31 Å². The van der Waals surface area contributed by atoms with Crippen molar-refractivity contribution >= 4 is 15.9 Å². The van der Waals surface area contributed by atoms with Gasteiger partial charge in [0, 0.05) is 19.7 Å². The Balaban J connectivity index is 2.34. The van der Waals surface area contributed by atoms with Crippen LogP contribution in [0.4, 0.5) is 0 Å². The third-order valence-corrected chi connectivity index (χ3v) is 6.24. The van der Waals surface area contributed by atoms with Crippen LogP contribution in [-0.4, -0.2) is 44.9 Å². The second-order valence-corrected chi connectivity index (χ2v) is 8.86. The van der Waals surface area contributed by atoms with Gasteiger partial charge in [-0.25, -0.2) is 8.42 Å². The average Bonchev–Trinajstić information content (AvgIpc) is 2.64. The molecule has 7 heteroatoms. The van der Waals surface area contributed by atoms with Crippen LogP contribution in [0.5, 0.6) is 0 Å². The number of ether oxygens (including phenoxy) is 1. The van der Waals surface area contributed by atoms with Crippen LogP contribution in [0.1, 0.15) is 23.6 Å². The third kappa shape index (κ3) is 5.89. The van der Waals surface area contributed by atoms with Gasteiger partial charge in [0.05, 0.1) is 18.0 Å². The smallest absolute Gasteiger partial charge is 0.244 e. The SMILES string of the molecule is COC[C@H](C)NC(=O)CN(Cc1ccccc1)S(=O)(=O)c1cc(C)ccc1C. The minimum atomic E-state index is -3.85. The molecule has 2 rings (SSSR count). The predicted octanol–water partition coefficient (Wildman–Crippen LogP) is 2.65. The fourth-order valence-electron chi connectivity index (χ4n) is 2.91. The van der Waals surface area contributed by atoms with Crippen molar-refractivity contribution in [3.05, 3.63) is 65.2 Å². The Morgan fingerprint density at radius 1 is 1.14 bits per heavy atom. The summed E-state index contributed by atoms with van der Waals surface area (Å²) >= 11 is 0. The molecule has 0 aliphatic rings. The summed E-state index contributed by atoms with van der Waals surface area (Å²) in [6, 6.07) is 14.3. The van der Waals surface area contributed by atoms with Gasteiger partial charge >= 0.3 is 0 Å². The summed E-state index contributed by atoms with van der Waals surface area (Å²) in [6.07, 6.45) is 0. The highest BCUT2D eigenvalue weighted by molar-refractivity contribution is 7.89. The molecule has 6 nitrogen and oxygen atoms in total. The van der Waals surface area contributed by atoms with Gasteiger partial charge in [0.15, 0.2) is 0 Å². The molecule has 0 bridgehead atoms. The Morgan fingerprint density at radius 3 is 2.46 bits per heavy atom. The maximum Gasteiger partial charge on any atom is 0.244 e. The average molecular weight is 405 g/mol. The lowest BCUT2D eigenvalue weighted by atomic mass is 10.2. The van der Waals surface area contributed by atoms with E-state index in [0.29, 0.717) is 12.2 Å². The molecule has 0 aromatic heterocycles. The molecule has 152 valence electrons. The Labute approximate surface area is 167 Å². The van der Waals surface area contributed by atoms with E-state index in [1.807, 2.05) is 50.2 Å². The number of aryl methyl sites for hydroxylation is 2. The van der Waals surface area contributed by atoms with Gasteiger partial charge in [0.25, 0.3) is 0 Å². The lowest BCUT2D eigenvalue weighted by Gasteiger charge is -2.24. The van der Waals surface area contributed by atoms with E-state index in [1.54, 1.807) is 26.2 Å². The normalized spacial score (nSPS) is 12.8. The highest BCUT2D eigenvalue weighted by Gasteiger charge is 2.28. The number of carbonyl (C=O) groups excluding carboxylic acids is 1. The zero-order valence-electron chi connectivity index (χ0n) is 16.8. The van der Waals surface area contributed by atoms with E-state index >= 15 is 0 Å². The molecule has 0 spiro atoms. The van der Waals surface area contributed by atoms with Crippen LogP contribution < -0.4 is 5.32 Å². The minimum absolute atomic E-state index is 0.114. The first-order chi connectivity index (χ1) is 13.2. The third-order valence-electron chi connectivity index (χ3n) is 4.31. The van der Waals surface area contributed by atoms with Crippen LogP contribution in [0.15, 0.2) is 53.4 Å². The molecule has 0 aliphatic carbocycles. The Hall–Kier alpha value is -2.22. The minimum Gasteiger partial charge on any atom is -0.383 e. The topological polar surface area (TPSA) is 75.7 Å². The van der Waals surface area contributed by atoms with Gasteiger partial charge in [-0.1, -0.05) is 42.5 Å². The summed E-state index contributed by atoms with van der Waals surface area (Å²) in [6.45, 7) is 5.62. The van der Waals surface area contributed by atoms with Crippen molar-refractivity contribution in [3.63, 3.8) is 0 Å². The van der Waals surface area contributed by atoms with Crippen molar-refractivity contribution in [2.24, 2.45) is 0 Å². The first-order valence-electron chi connectivity index (χ1n) is 9.13. The van der Waals surface area contributed by atoms with Crippen molar-refractivity contribution in [1.29, 1.82) is 0 Å². The molecular formula is C21H28N2O4S. The maximum absolute atomic E-state index is 13.4. The summed E-state index contributed by atoms with van der Waals surface area (Å²) < 4.78 is 33.0. The molecule has 2 aromatic carbocycles. The molecule has 0 saturated carbocycles. The van der Waals surface area contributed by atoms with Gasteiger partial charge in [0.1, 0.15) is 0 Å². The Morgan fingerprint density at radius 2 is 1.82 bits per heavy atom. The monoisotopic (exact) mass is 404 g/mol. The van der Waals surface area contributed by atoms with E-state index in [0.717, 1.165) is 11.1 Å². The number of rotatable bonds is 9. The summed E-state index contributed by atoms with van der Waals surface area (Å²) in [5.74, 6) is -0.366. The van der Waals surface area contributed by atoms with E-state index < -0.39 is 10.0 Å². The predicted molar refractivity (Wildman–Crippen MR) is 109 cm³/mol. The highest BCUT2D eigenvalue weighted by Crippen LogP contribution is 2.23. The second-order valence-electron chi connectivity index (χ2n) is 6.95. The molecule has 2 aromatic rings. The maximum atomic E-state index is 13.4. The number of methoxy groups -OCH3 is 1. The van der Waals surface area contributed by atoms with E-state index in [9.17, 15) is 13.2 Å². The van der Waals surface area contributed by atoms with E-state index in [-0.39, 0.29) is 29.9 Å². The molecule has 0 unspecified atom stereocenters. The standard InChI is InChI=1S/C21H28N2O4S/c1-16-10-11-17(2)20(12-16)28(25,26)23(13-19-8-6-5-7-9-19)14-21(24)22-18(3)15-27-4/h5-12,18H,13-15H2,1-4H3,(H,22,24)/t18-/m0/s1. The molecule has 0 heterocycles. The Bertz CT molecular complexity index is 898. The van der Waals surface area contributed by atoms with Crippen LogP contribution in [0.3, 0.4) is 0 Å². The van der Waals surface area contributed by atoms with Gasteiger partial charge in [-0.2, -0.15) is 4.31 Å². The number of benzene rings is 2. The largest absolute Gasteiger partial charge is 0.383 e. The van der Waals surface area contributed by atoms with Crippen molar-refractivity contribution in [1.82, 2.24) is 9.62 Å². The van der Waals surface area contributed by atoms with Crippen molar-refractivity contribution < 1.29 is 17.9 Å². The summed E-state index contributed by atoms with van der Waals surface area (Å²) in [7, 11) is -2.30. The number of carbonyl (C=O) groups is 1. The lowest BCUT2D eigenvalue weighted by molar-refractivity contribution is -0.122. The van der Waals surface area contributed by atoms with Crippen molar-refractivity contribution in [2.75, 3.05) is 20.3 Å². The summed E-state index contributed by atoms with van der Waals surface area (Å²) in [4.78, 5) is 12.7. The van der Waals surface area contributed by atoms with Crippen LogP contribution in [-0.2, 0) is 26.1 Å². The lowest BCUT2D eigenvalue weighted by Crippen LogP contribution is -2.44. The number of nitrogens with zero attached hydrogens (tertiary/aromatic N) is 1.